The largest absolute Gasteiger partial charge is 0.443 e. The number of rotatable bonds is 6. The smallest absolute Gasteiger partial charge is 0.209 e. The van der Waals surface area contributed by atoms with Crippen molar-refractivity contribution < 1.29 is 4.74 Å². The molecule has 5 aromatic rings. The average molecular weight is 441 g/mol. The lowest BCUT2D eigenvalue weighted by Gasteiger charge is -2.12. The van der Waals surface area contributed by atoms with E-state index in [0.29, 0.717) is 22.8 Å². The summed E-state index contributed by atoms with van der Waals surface area (Å²) in [6, 6.07) is 15.7. The third kappa shape index (κ3) is 3.83. The van der Waals surface area contributed by atoms with Crippen LogP contribution in [0.3, 0.4) is 0 Å². The normalized spacial score (nSPS) is 10.9. The van der Waals surface area contributed by atoms with Crippen LogP contribution in [-0.2, 0) is 6.42 Å². The molecule has 4 aromatic heterocycles. The Hall–Kier alpha value is -4.04. The first-order valence-electron chi connectivity index (χ1n) is 10.2. The molecule has 4 heterocycles. The second-order valence-corrected chi connectivity index (χ2v) is 8.10. The molecule has 0 saturated carbocycles. The van der Waals surface area contributed by atoms with Gasteiger partial charge < -0.3 is 10.5 Å². The van der Waals surface area contributed by atoms with E-state index in [1.165, 1.54) is 11.3 Å². The predicted octanol–water partition coefficient (Wildman–Crippen LogP) is 5.59. The van der Waals surface area contributed by atoms with Gasteiger partial charge in [-0.1, -0.05) is 54.7 Å². The Morgan fingerprint density at radius 3 is 2.56 bits per heavy atom. The molecular formula is C24H20N6OS. The van der Waals surface area contributed by atoms with E-state index in [-0.39, 0.29) is 0 Å². The number of nitrogens with two attached hydrogens (primary N) is 1. The summed E-state index contributed by atoms with van der Waals surface area (Å²) in [5.74, 6) is 0.942. The van der Waals surface area contributed by atoms with Gasteiger partial charge in [-0.2, -0.15) is 5.10 Å². The second kappa shape index (κ2) is 8.60. The number of hydrogen-bond donors (Lipinski definition) is 2. The van der Waals surface area contributed by atoms with Crippen molar-refractivity contribution in [2.45, 2.75) is 13.3 Å². The minimum Gasteiger partial charge on any atom is -0.443 e. The van der Waals surface area contributed by atoms with Gasteiger partial charge in [-0.15, -0.1) is 0 Å². The fourth-order valence-electron chi connectivity index (χ4n) is 3.37. The number of aromatic amines is 1. The number of thiazole rings is 1. The number of aryl methyl sites for hydroxylation is 1. The van der Waals surface area contributed by atoms with Crippen LogP contribution in [0, 0.1) is 0 Å². The van der Waals surface area contributed by atoms with Crippen molar-refractivity contribution in [3.05, 3.63) is 78.3 Å². The maximum Gasteiger partial charge on any atom is 0.209 e. The zero-order valence-electron chi connectivity index (χ0n) is 17.3. The summed E-state index contributed by atoms with van der Waals surface area (Å²) in [7, 11) is 0. The first-order valence-corrected chi connectivity index (χ1v) is 11.0. The summed E-state index contributed by atoms with van der Waals surface area (Å²) in [6.07, 6.45) is 7.83. The van der Waals surface area contributed by atoms with E-state index in [9.17, 15) is 0 Å². The van der Waals surface area contributed by atoms with E-state index >= 15 is 0 Å². The minimum atomic E-state index is 0.354. The molecule has 0 bridgehead atoms. The molecule has 0 aliphatic heterocycles. The zero-order chi connectivity index (χ0) is 21.9. The van der Waals surface area contributed by atoms with Gasteiger partial charge in [0.25, 0.3) is 0 Å². The van der Waals surface area contributed by atoms with Gasteiger partial charge in [0.2, 0.25) is 5.06 Å². The van der Waals surface area contributed by atoms with Crippen molar-refractivity contribution in [1.82, 2.24) is 25.1 Å². The van der Waals surface area contributed by atoms with E-state index in [2.05, 4.69) is 27.1 Å². The summed E-state index contributed by atoms with van der Waals surface area (Å²) < 4.78 is 6.40. The van der Waals surface area contributed by atoms with Crippen molar-refractivity contribution in [3.8, 4) is 44.5 Å². The van der Waals surface area contributed by atoms with Gasteiger partial charge in [0.15, 0.2) is 0 Å². The monoisotopic (exact) mass is 440 g/mol. The molecule has 0 unspecified atom stereocenters. The number of H-pyrrole nitrogens is 1. The number of ether oxygens (including phenoxy) is 1. The molecule has 0 aliphatic rings. The maximum atomic E-state index is 6.40. The van der Waals surface area contributed by atoms with E-state index in [1.807, 2.05) is 48.7 Å². The summed E-state index contributed by atoms with van der Waals surface area (Å²) in [5, 5.41) is 8.52. The van der Waals surface area contributed by atoms with Gasteiger partial charge in [-0.25, -0.2) is 9.97 Å². The summed E-state index contributed by atoms with van der Waals surface area (Å²) in [4.78, 5) is 13.7. The van der Waals surface area contributed by atoms with Crippen LogP contribution in [0.25, 0.3) is 33.6 Å². The molecular weight excluding hydrogens is 420 g/mol. The van der Waals surface area contributed by atoms with E-state index in [0.717, 1.165) is 38.9 Å². The minimum absolute atomic E-state index is 0.354. The fourth-order valence-corrected chi connectivity index (χ4v) is 4.26. The number of anilines is 1. The Bertz CT molecular complexity index is 1330. The molecule has 32 heavy (non-hydrogen) atoms. The van der Waals surface area contributed by atoms with Gasteiger partial charge in [0.1, 0.15) is 17.3 Å². The van der Waals surface area contributed by atoms with Crippen LogP contribution >= 0.6 is 11.3 Å². The highest BCUT2D eigenvalue weighted by atomic mass is 32.1. The molecule has 8 heteroatoms. The Morgan fingerprint density at radius 1 is 0.969 bits per heavy atom. The van der Waals surface area contributed by atoms with Crippen molar-refractivity contribution in [2.75, 3.05) is 5.73 Å². The highest BCUT2D eigenvalue weighted by molar-refractivity contribution is 7.14. The third-order valence-corrected chi connectivity index (χ3v) is 6.06. The van der Waals surface area contributed by atoms with Gasteiger partial charge in [0.05, 0.1) is 22.5 Å². The zero-order valence-corrected chi connectivity index (χ0v) is 18.1. The Kier molecular flexibility index (Phi) is 5.35. The van der Waals surface area contributed by atoms with E-state index < -0.39 is 0 Å². The van der Waals surface area contributed by atoms with Crippen LogP contribution in [-0.4, -0.2) is 25.1 Å². The van der Waals surface area contributed by atoms with Gasteiger partial charge in [-0.05, 0) is 12.5 Å². The number of nitrogens with zero attached hydrogens (tertiary/aromatic N) is 4. The molecule has 0 atom stereocenters. The first kappa shape index (κ1) is 19.9. The van der Waals surface area contributed by atoms with Crippen LogP contribution in [0.5, 0.6) is 10.8 Å². The second-order valence-electron chi connectivity index (χ2n) is 7.05. The van der Waals surface area contributed by atoms with Crippen molar-refractivity contribution in [2.24, 2.45) is 0 Å². The lowest BCUT2D eigenvalue weighted by Crippen LogP contribution is -1.98. The SMILES string of the molecule is CCc1nc(-c2ccccc2)c(Oc2ccnc(N)c2-c2ccc(-c3cn[nH]c3)cn2)s1. The number of nitrogen functional groups attached to an aromatic ring is 1. The molecule has 3 N–H and O–H groups in total. The lowest BCUT2D eigenvalue weighted by atomic mass is 10.1. The standard InChI is InChI=1S/C24H20N6OS/c1-2-20-30-22(15-6-4-3-5-7-15)24(32-20)31-19-10-11-26-23(25)21(19)18-9-8-16(12-27-18)17-13-28-29-14-17/h3-14H,2H2,1H3,(H2,25,26)(H,28,29). The molecule has 0 fully saturated rings. The summed E-state index contributed by atoms with van der Waals surface area (Å²) in [5.41, 5.74) is 11.3. The van der Waals surface area contributed by atoms with E-state index in [1.54, 1.807) is 24.7 Å². The molecule has 0 radical (unpaired) electrons. The Balaban J connectivity index is 1.54. The highest BCUT2D eigenvalue weighted by Gasteiger charge is 2.19. The molecule has 0 amide bonds. The molecule has 0 saturated heterocycles. The van der Waals surface area contributed by atoms with Crippen LogP contribution in [0.1, 0.15) is 11.9 Å². The molecule has 5 rings (SSSR count). The van der Waals surface area contributed by atoms with Crippen molar-refractivity contribution in [1.29, 1.82) is 0 Å². The van der Waals surface area contributed by atoms with Gasteiger partial charge in [0, 0.05) is 41.3 Å². The average Bonchev–Trinajstić information content (AvgIpc) is 3.50. The number of pyridine rings is 2. The summed E-state index contributed by atoms with van der Waals surface area (Å²) in [6.45, 7) is 2.08. The van der Waals surface area contributed by atoms with Gasteiger partial charge in [-0.3, -0.25) is 10.1 Å². The lowest BCUT2D eigenvalue weighted by molar-refractivity contribution is 0.498. The molecule has 1 aromatic carbocycles. The topological polar surface area (TPSA) is 103 Å². The van der Waals surface area contributed by atoms with Crippen molar-refractivity contribution >= 4 is 17.2 Å². The number of hydrogen-bond acceptors (Lipinski definition) is 7. The number of aromatic nitrogens is 5. The van der Waals surface area contributed by atoms with Crippen LogP contribution in [0.2, 0.25) is 0 Å². The Morgan fingerprint density at radius 2 is 1.84 bits per heavy atom. The number of nitrogens with one attached hydrogen (secondary N) is 1. The molecule has 0 spiro atoms. The maximum absolute atomic E-state index is 6.40. The molecule has 0 aliphatic carbocycles. The first-order chi connectivity index (χ1) is 15.7. The highest BCUT2D eigenvalue weighted by Crippen LogP contribution is 2.42. The van der Waals surface area contributed by atoms with Crippen molar-refractivity contribution in [3.63, 3.8) is 0 Å². The quantitative estimate of drug-likeness (QED) is 0.357. The van der Waals surface area contributed by atoms with Crippen LogP contribution in [0.15, 0.2) is 73.3 Å². The summed E-state index contributed by atoms with van der Waals surface area (Å²) >= 11 is 1.53. The van der Waals surface area contributed by atoms with Crippen LogP contribution in [0.4, 0.5) is 5.82 Å². The number of benzene rings is 1. The Labute approximate surface area is 189 Å². The van der Waals surface area contributed by atoms with Gasteiger partial charge >= 0.3 is 0 Å². The van der Waals surface area contributed by atoms with Crippen LogP contribution < -0.4 is 10.5 Å². The van der Waals surface area contributed by atoms with E-state index in [4.69, 9.17) is 15.5 Å². The fraction of sp³-hybridized carbons (Fsp3) is 0.0833. The predicted molar refractivity (Wildman–Crippen MR) is 126 cm³/mol. The molecule has 7 nitrogen and oxygen atoms in total. The molecule has 158 valence electrons. The third-order valence-electron chi connectivity index (χ3n) is 4.99.